The van der Waals surface area contributed by atoms with Crippen molar-refractivity contribution in [2.24, 2.45) is 4.99 Å². The fraction of sp³-hybridized carbons (Fsp3) is 0.300. The van der Waals surface area contributed by atoms with E-state index < -0.39 is 4.92 Å². The molecular weight excluding hydrogens is 442 g/mol. The fourth-order valence-corrected chi connectivity index (χ4v) is 5.06. The van der Waals surface area contributed by atoms with Gasteiger partial charge in [-0.1, -0.05) is 11.3 Å². The molecule has 2 aromatic carbocycles. The van der Waals surface area contributed by atoms with Crippen LogP contribution in [0, 0.1) is 10.1 Å². The van der Waals surface area contributed by atoms with Crippen molar-refractivity contribution in [1.82, 2.24) is 4.57 Å². The minimum atomic E-state index is -0.413. The Morgan fingerprint density at radius 2 is 2.00 bits per heavy atom. The number of thiazole rings is 1. The zero-order valence-electron chi connectivity index (χ0n) is 16.6. The summed E-state index contributed by atoms with van der Waals surface area (Å²) in [6, 6.07) is 12.5. The van der Waals surface area contributed by atoms with Gasteiger partial charge in [-0.05, 0) is 36.6 Å². The Kier molecular flexibility index (Phi) is 7.94. The van der Waals surface area contributed by atoms with Crippen LogP contribution in [-0.2, 0) is 11.3 Å². The number of rotatable bonds is 9. The van der Waals surface area contributed by atoms with Gasteiger partial charge in [0.1, 0.15) is 5.75 Å². The number of fused-ring (bicyclic) bond motifs is 1. The molecule has 0 saturated heterocycles. The summed E-state index contributed by atoms with van der Waals surface area (Å²) in [5.74, 6) is 2.08. The predicted molar refractivity (Wildman–Crippen MR) is 124 cm³/mol. The molecule has 1 heterocycles. The first-order chi connectivity index (χ1) is 14.5. The van der Waals surface area contributed by atoms with E-state index in [9.17, 15) is 14.9 Å². The topological polar surface area (TPSA) is 86.7 Å². The van der Waals surface area contributed by atoms with Gasteiger partial charge < -0.3 is 9.30 Å². The minimum absolute atomic E-state index is 0.0366. The number of methoxy groups -OCH3 is 1. The van der Waals surface area contributed by atoms with Gasteiger partial charge in [-0.25, -0.2) is 0 Å². The van der Waals surface area contributed by atoms with Crippen LogP contribution in [0.1, 0.15) is 6.42 Å². The molecule has 1 amide bonds. The van der Waals surface area contributed by atoms with Gasteiger partial charge in [0.25, 0.3) is 5.69 Å². The highest BCUT2D eigenvalue weighted by molar-refractivity contribution is 7.99. The van der Waals surface area contributed by atoms with Gasteiger partial charge in [0, 0.05) is 41.5 Å². The van der Waals surface area contributed by atoms with Crippen molar-refractivity contribution in [2.75, 3.05) is 24.9 Å². The monoisotopic (exact) mass is 463 g/mol. The van der Waals surface area contributed by atoms with E-state index in [1.54, 1.807) is 42.8 Å². The van der Waals surface area contributed by atoms with Crippen LogP contribution in [0.5, 0.6) is 5.75 Å². The highest BCUT2D eigenvalue weighted by Gasteiger charge is 2.12. The number of hydrogen-bond donors (Lipinski definition) is 0. The van der Waals surface area contributed by atoms with E-state index in [4.69, 9.17) is 4.74 Å². The van der Waals surface area contributed by atoms with Crippen molar-refractivity contribution in [2.45, 2.75) is 17.9 Å². The number of ether oxygens (including phenoxy) is 1. The van der Waals surface area contributed by atoms with E-state index in [2.05, 4.69) is 4.99 Å². The van der Waals surface area contributed by atoms with Gasteiger partial charge in [0.15, 0.2) is 4.80 Å². The average Bonchev–Trinajstić information content (AvgIpc) is 3.08. The van der Waals surface area contributed by atoms with E-state index >= 15 is 0 Å². The quantitative estimate of drug-likeness (QED) is 0.262. The largest absolute Gasteiger partial charge is 0.497 e. The Labute approximate surface area is 186 Å². The average molecular weight is 464 g/mol. The van der Waals surface area contributed by atoms with E-state index in [1.165, 1.54) is 17.4 Å². The molecule has 0 unspecified atom stereocenters. The summed E-state index contributed by atoms with van der Waals surface area (Å²) in [6.07, 6.45) is 2.33. The first-order valence-electron chi connectivity index (χ1n) is 9.13. The Bertz CT molecular complexity index is 1110. The van der Waals surface area contributed by atoms with Crippen LogP contribution in [0.25, 0.3) is 10.2 Å². The number of aromatic nitrogens is 1. The third-order valence-corrected chi connectivity index (χ3v) is 6.91. The van der Waals surface area contributed by atoms with Gasteiger partial charge >= 0.3 is 0 Å². The number of nitrogens with zero attached hydrogens (tertiary/aromatic N) is 3. The molecule has 3 rings (SSSR count). The second-order valence-electron chi connectivity index (χ2n) is 6.22. The Morgan fingerprint density at radius 1 is 1.23 bits per heavy atom. The van der Waals surface area contributed by atoms with Gasteiger partial charge in [0.2, 0.25) is 5.91 Å². The molecular formula is C20H21N3O4S3. The fourth-order valence-electron chi connectivity index (χ4n) is 2.75. The molecule has 0 aliphatic carbocycles. The molecule has 0 spiro atoms. The second kappa shape index (κ2) is 10.6. The van der Waals surface area contributed by atoms with Crippen LogP contribution in [0.2, 0.25) is 0 Å². The summed E-state index contributed by atoms with van der Waals surface area (Å²) in [6.45, 7) is 0.686. The molecule has 0 aliphatic heterocycles. The van der Waals surface area contributed by atoms with Crippen LogP contribution < -0.4 is 9.54 Å². The molecule has 0 saturated carbocycles. The van der Waals surface area contributed by atoms with E-state index in [1.807, 2.05) is 35.1 Å². The van der Waals surface area contributed by atoms with Crippen LogP contribution in [0.3, 0.4) is 0 Å². The lowest BCUT2D eigenvalue weighted by Gasteiger charge is -2.04. The lowest BCUT2D eigenvalue weighted by Crippen LogP contribution is -2.18. The summed E-state index contributed by atoms with van der Waals surface area (Å²) in [5, 5.41) is 11.1. The Hall–Kier alpha value is -2.30. The maximum absolute atomic E-state index is 12.5. The highest BCUT2D eigenvalue weighted by Crippen LogP contribution is 2.24. The van der Waals surface area contributed by atoms with Crippen molar-refractivity contribution in [3.63, 3.8) is 0 Å². The number of nitro benzene ring substituents is 1. The number of carbonyl (C=O) groups is 1. The number of amides is 1. The lowest BCUT2D eigenvalue weighted by atomic mass is 10.3. The van der Waals surface area contributed by atoms with E-state index in [0.29, 0.717) is 23.5 Å². The van der Waals surface area contributed by atoms with Gasteiger partial charge in [-0.3, -0.25) is 14.9 Å². The summed E-state index contributed by atoms with van der Waals surface area (Å²) >= 11 is 4.59. The molecule has 0 fully saturated rings. The summed E-state index contributed by atoms with van der Waals surface area (Å²) < 4.78 is 7.87. The number of aryl methyl sites for hydroxylation is 1. The van der Waals surface area contributed by atoms with Crippen molar-refractivity contribution >= 4 is 56.7 Å². The normalized spacial score (nSPS) is 11.7. The Balaban J connectivity index is 1.76. The zero-order chi connectivity index (χ0) is 21.5. The number of non-ortho nitro benzene ring substituents is 1. The lowest BCUT2D eigenvalue weighted by molar-refractivity contribution is -0.384. The summed E-state index contributed by atoms with van der Waals surface area (Å²) in [5.41, 5.74) is 0.897. The minimum Gasteiger partial charge on any atom is -0.497 e. The molecule has 7 nitrogen and oxygen atoms in total. The van der Waals surface area contributed by atoms with Crippen molar-refractivity contribution < 1.29 is 14.5 Å². The second-order valence-corrected chi connectivity index (χ2v) is 9.38. The number of benzene rings is 2. The van der Waals surface area contributed by atoms with Crippen LogP contribution in [0.4, 0.5) is 5.69 Å². The van der Waals surface area contributed by atoms with Crippen LogP contribution >= 0.6 is 34.9 Å². The summed E-state index contributed by atoms with van der Waals surface area (Å²) in [7, 11) is 1.62. The van der Waals surface area contributed by atoms with Crippen LogP contribution in [-0.4, -0.2) is 40.3 Å². The SMILES string of the molecule is COc1ccc(SCCC(=O)N=c2sc3cc([N+](=O)[O-])ccc3n2CCSC)cc1. The van der Waals surface area contributed by atoms with E-state index in [0.717, 1.165) is 26.6 Å². The molecule has 30 heavy (non-hydrogen) atoms. The maximum Gasteiger partial charge on any atom is 0.270 e. The molecule has 0 N–H and O–H groups in total. The van der Waals surface area contributed by atoms with Crippen molar-refractivity contribution in [3.8, 4) is 5.75 Å². The number of carbonyl (C=O) groups excluding carboxylic acids is 1. The Morgan fingerprint density at radius 3 is 2.67 bits per heavy atom. The third kappa shape index (κ3) is 5.65. The highest BCUT2D eigenvalue weighted by atomic mass is 32.2. The maximum atomic E-state index is 12.5. The van der Waals surface area contributed by atoms with Crippen molar-refractivity contribution in [3.05, 3.63) is 57.4 Å². The summed E-state index contributed by atoms with van der Waals surface area (Å²) in [4.78, 5) is 29.1. The third-order valence-electron chi connectivity index (χ3n) is 4.26. The molecule has 0 bridgehead atoms. The molecule has 158 valence electrons. The molecule has 3 aromatic rings. The van der Waals surface area contributed by atoms with Crippen molar-refractivity contribution in [1.29, 1.82) is 0 Å². The molecule has 0 atom stereocenters. The molecule has 0 radical (unpaired) electrons. The van der Waals surface area contributed by atoms with E-state index in [-0.39, 0.29) is 11.6 Å². The first-order valence-corrected chi connectivity index (χ1v) is 12.3. The molecule has 0 aliphatic rings. The van der Waals surface area contributed by atoms with Gasteiger partial charge in [-0.2, -0.15) is 16.8 Å². The standard InChI is InChI=1S/C20H21N3O4S3/c1-27-15-4-6-16(7-5-15)29-11-9-19(24)21-20-22(10-12-28-2)17-8-3-14(23(25)26)13-18(17)30-20/h3-8,13H,9-12H2,1-2H3. The number of nitro groups is 1. The predicted octanol–water partition coefficient (Wildman–Crippen LogP) is 4.59. The number of thioether (sulfide) groups is 2. The smallest absolute Gasteiger partial charge is 0.270 e. The molecule has 10 heteroatoms. The van der Waals surface area contributed by atoms with Gasteiger partial charge in [0.05, 0.1) is 22.2 Å². The zero-order valence-corrected chi connectivity index (χ0v) is 19.0. The van der Waals surface area contributed by atoms with Crippen LogP contribution in [0.15, 0.2) is 52.4 Å². The first kappa shape index (κ1) is 22.4. The number of hydrogen-bond acceptors (Lipinski definition) is 7. The molecule has 1 aromatic heterocycles. The van der Waals surface area contributed by atoms with Gasteiger partial charge in [-0.15, -0.1) is 11.8 Å².